The Bertz CT molecular complexity index is 662. The first-order valence-electron chi connectivity index (χ1n) is 8.52. The summed E-state index contributed by atoms with van der Waals surface area (Å²) in [5, 5.41) is 5.66. The summed E-state index contributed by atoms with van der Waals surface area (Å²) < 4.78 is 23.4. The lowest BCUT2D eigenvalue weighted by molar-refractivity contribution is 0.221. The zero-order valence-corrected chi connectivity index (χ0v) is 15.3. The van der Waals surface area contributed by atoms with Crippen molar-refractivity contribution < 1.29 is 8.42 Å². The standard InChI is InChI=1S/C18H25NO2S2/c1-23(20,21)17-11-7-14(8-12-17)18-6-2-4-15(19-18)9-10-16-5-3-13-22-16/h3,5,13-15,17-19H,2,4,6-8,11-12H2,1H3. The van der Waals surface area contributed by atoms with Crippen molar-refractivity contribution in [2.45, 2.75) is 62.3 Å². The molecule has 1 aliphatic carbocycles. The molecule has 0 radical (unpaired) electrons. The van der Waals surface area contributed by atoms with Gasteiger partial charge >= 0.3 is 0 Å². The Kier molecular flexibility index (Phi) is 5.45. The van der Waals surface area contributed by atoms with Crippen molar-refractivity contribution in [2.75, 3.05) is 6.26 Å². The van der Waals surface area contributed by atoms with Crippen molar-refractivity contribution in [2.24, 2.45) is 5.92 Å². The van der Waals surface area contributed by atoms with E-state index < -0.39 is 9.84 Å². The molecule has 2 fully saturated rings. The second kappa shape index (κ2) is 7.38. The molecule has 1 aliphatic heterocycles. The molecule has 1 aromatic rings. The lowest BCUT2D eigenvalue weighted by atomic mass is 9.80. The number of hydrogen-bond acceptors (Lipinski definition) is 4. The summed E-state index contributed by atoms with van der Waals surface area (Å²) in [6.45, 7) is 0. The highest BCUT2D eigenvalue weighted by atomic mass is 32.2. The Morgan fingerprint density at radius 2 is 1.96 bits per heavy atom. The minimum atomic E-state index is -2.87. The summed E-state index contributed by atoms with van der Waals surface area (Å²) in [4.78, 5) is 1.13. The van der Waals surface area contributed by atoms with Crippen LogP contribution in [-0.4, -0.2) is 32.0 Å². The molecule has 0 spiro atoms. The maximum Gasteiger partial charge on any atom is 0.150 e. The molecule has 0 aromatic carbocycles. The lowest BCUT2D eigenvalue weighted by Gasteiger charge is -2.37. The van der Waals surface area contributed by atoms with Crippen LogP contribution in [0.4, 0.5) is 0 Å². The molecule has 2 unspecified atom stereocenters. The number of thiophene rings is 1. The van der Waals surface area contributed by atoms with E-state index in [1.165, 1.54) is 19.1 Å². The van der Waals surface area contributed by atoms with Gasteiger partial charge in [0.25, 0.3) is 0 Å². The zero-order valence-electron chi connectivity index (χ0n) is 13.6. The smallest absolute Gasteiger partial charge is 0.150 e. The van der Waals surface area contributed by atoms with Gasteiger partial charge in [0.2, 0.25) is 0 Å². The van der Waals surface area contributed by atoms with E-state index >= 15 is 0 Å². The molecule has 2 atom stereocenters. The Hall–Kier alpha value is -0.830. The molecule has 3 rings (SSSR count). The predicted octanol–water partition coefficient (Wildman–Crippen LogP) is 3.21. The van der Waals surface area contributed by atoms with Crippen molar-refractivity contribution in [3.8, 4) is 11.8 Å². The van der Waals surface area contributed by atoms with Crippen molar-refractivity contribution in [3.05, 3.63) is 22.4 Å². The Labute approximate surface area is 143 Å². The molecule has 0 bridgehead atoms. The molecule has 2 heterocycles. The average Bonchev–Trinajstić information content (AvgIpc) is 3.06. The topological polar surface area (TPSA) is 46.2 Å². The van der Waals surface area contributed by atoms with Gasteiger partial charge in [0.05, 0.1) is 16.2 Å². The van der Waals surface area contributed by atoms with Crippen LogP contribution >= 0.6 is 11.3 Å². The van der Waals surface area contributed by atoms with Crippen LogP contribution in [0.25, 0.3) is 0 Å². The highest BCUT2D eigenvalue weighted by molar-refractivity contribution is 7.91. The second-order valence-corrected chi connectivity index (χ2v) is 10.1. The highest BCUT2D eigenvalue weighted by Gasteiger charge is 2.33. The highest BCUT2D eigenvalue weighted by Crippen LogP contribution is 2.33. The summed E-state index contributed by atoms with van der Waals surface area (Å²) in [5.74, 6) is 7.26. The van der Waals surface area contributed by atoms with Crippen molar-refractivity contribution in [1.82, 2.24) is 5.32 Å². The van der Waals surface area contributed by atoms with E-state index in [9.17, 15) is 8.42 Å². The fourth-order valence-electron chi connectivity index (χ4n) is 3.88. The van der Waals surface area contributed by atoms with E-state index in [1.807, 2.05) is 6.07 Å². The minimum absolute atomic E-state index is 0.114. The number of nitrogens with one attached hydrogen (secondary N) is 1. The Morgan fingerprint density at radius 1 is 1.17 bits per heavy atom. The van der Waals surface area contributed by atoms with E-state index in [0.29, 0.717) is 12.0 Å². The molecular weight excluding hydrogens is 326 g/mol. The summed E-state index contributed by atoms with van der Waals surface area (Å²) in [6.07, 6.45) is 8.63. The van der Waals surface area contributed by atoms with Gasteiger partial charge in [-0.1, -0.05) is 17.9 Å². The van der Waals surface area contributed by atoms with Gasteiger partial charge in [-0.3, -0.25) is 0 Å². The SMILES string of the molecule is CS(=O)(=O)C1CCC(C2CCCC(C#Cc3cccs3)N2)CC1. The van der Waals surface area contributed by atoms with Crippen LogP contribution in [0.5, 0.6) is 0 Å². The fourth-order valence-corrected chi connectivity index (χ4v) is 5.59. The van der Waals surface area contributed by atoms with Gasteiger partial charge in [-0.15, -0.1) is 11.3 Å². The van der Waals surface area contributed by atoms with Crippen LogP contribution < -0.4 is 5.32 Å². The number of sulfone groups is 1. The molecule has 1 saturated heterocycles. The van der Waals surface area contributed by atoms with Crippen LogP contribution in [0, 0.1) is 17.8 Å². The Balaban J connectivity index is 1.55. The average molecular weight is 352 g/mol. The summed E-state index contributed by atoms with van der Waals surface area (Å²) >= 11 is 1.68. The predicted molar refractivity (Wildman–Crippen MR) is 96.3 cm³/mol. The lowest BCUT2D eigenvalue weighted by Crippen LogP contribution is -2.47. The van der Waals surface area contributed by atoms with Gasteiger partial charge in [-0.05, 0) is 62.3 Å². The van der Waals surface area contributed by atoms with Crippen molar-refractivity contribution >= 4 is 21.2 Å². The van der Waals surface area contributed by atoms with E-state index in [-0.39, 0.29) is 11.3 Å². The van der Waals surface area contributed by atoms with Gasteiger partial charge in [0.15, 0.2) is 0 Å². The molecule has 1 N–H and O–H groups in total. The maximum absolute atomic E-state index is 11.7. The first kappa shape index (κ1) is 17.0. The van der Waals surface area contributed by atoms with Crippen LogP contribution in [0.15, 0.2) is 17.5 Å². The molecule has 0 amide bonds. The van der Waals surface area contributed by atoms with Crippen LogP contribution in [0.2, 0.25) is 0 Å². The molecule has 3 nitrogen and oxygen atoms in total. The third-order valence-electron chi connectivity index (χ3n) is 5.21. The molecule has 2 aliphatic rings. The first-order chi connectivity index (χ1) is 11.0. The first-order valence-corrected chi connectivity index (χ1v) is 11.4. The number of piperidine rings is 1. The van der Waals surface area contributed by atoms with Gasteiger partial charge < -0.3 is 5.32 Å². The Morgan fingerprint density at radius 3 is 2.61 bits per heavy atom. The fraction of sp³-hybridized carbons (Fsp3) is 0.667. The van der Waals surface area contributed by atoms with Gasteiger partial charge in [-0.25, -0.2) is 8.42 Å². The maximum atomic E-state index is 11.7. The van der Waals surface area contributed by atoms with Crippen LogP contribution in [-0.2, 0) is 9.84 Å². The van der Waals surface area contributed by atoms with E-state index in [2.05, 4.69) is 28.6 Å². The van der Waals surface area contributed by atoms with E-state index in [0.717, 1.165) is 37.0 Å². The summed E-state index contributed by atoms with van der Waals surface area (Å²) in [6, 6.07) is 4.88. The molecule has 126 valence electrons. The van der Waals surface area contributed by atoms with Gasteiger partial charge in [0.1, 0.15) is 9.84 Å². The molecule has 1 aromatic heterocycles. The van der Waals surface area contributed by atoms with Gasteiger partial charge in [-0.2, -0.15) is 0 Å². The normalized spacial score (nSPS) is 32.0. The second-order valence-electron chi connectivity index (χ2n) is 6.87. The van der Waals surface area contributed by atoms with Gasteiger partial charge in [0, 0.05) is 12.3 Å². The third kappa shape index (κ3) is 4.59. The van der Waals surface area contributed by atoms with E-state index in [4.69, 9.17) is 0 Å². The van der Waals surface area contributed by atoms with Crippen molar-refractivity contribution in [3.63, 3.8) is 0 Å². The quantitative estimate of drug-likeness (QED) is 0.832. The summed E-state index contributed by atoms with van der Waals surface area (Å²) in [7, 11) is -2.87. The molecule has 1 saturated carbocycles. The summed E-state index contributed by atoms with van der Waals surface area (Å²) in [5.41, 5.74) is 0. The van der Waals surface area contributed by atoms with Crippen molar-refractivity contribution in [1.29, 1.82) is 0 Å². The monoisotopic (exact) mass is 351 g/mol. The largest absolute Gasteiger partial charge is 0.301 e. The number of rotatable bonds is 2. The third-order valence-corrected chi connectivity index (χ3v) is 7.68. The number of hydrogen-bond donors (Lipinski definition) is 1. The van der Waals surface area contributed by atoms with E-state index in [1.54, 1.807) is 11.3 Å². The zero-order chi connectivity index (χ0) is 16.3. The van der Waals surface area contributed by atoms with Crippen LogP contribution in [0.3, 0.4) is 0 Å². The minimum Gasteiger partial charge on any atom is -0.301 e. The van der Waals surface area contributed by atoms with Crippen LogP contribution in [0.1, 0.15) is 49.8 Å². The molecular formula is C18H25NO2S2. The molecule has 5 heteroatoms. The molecule has 23 heavy (non-hydrogen) atoms.